The number of ether oxygens (including phenoxy) is 1. The van der Waals surface area contributed by atoms with E-state index in [-0.39, 0.29) is 11.8 Å². The van der Waals surface area contributed by atoms with Crippen LogP contribution in [0.1, 0.15) is 0 Å². The van der Waals surface area contributed by atoms with E-state index in [9.17, 15) is 23.1 Å². The largest absolute Gasteiger partial charge is 0.573 e. The Labute approximate surface area is 124 Å². The van der Waals surface area contributed by atoms with Gasteiger partial charge in [0.25, 0.3) is 0 Å². The molecule has 0 aromatic heterocycles. The van der Waals surface area contributed by atoms with E-state index in [1.54, 1.807) is 0 Å². The maximum Gasteiger partial charge on any atom is 0.573 e. The molecule has 0 radical (unpaired) electrons. The average Bonchev–Trinajstić information content (AvgIpc) is 2.84. The highest BCUT2D eigenvalue weighted by molar-refractivity contribution is 5.89. The molecule has 3 N–H and O–H groups in total. The number of halogens is 3. The fraction of sp³-hybridized carbons (Fsp3) is 0.462. The van der Waals surface area contributed by atoms with E-state index < -0.39 is 18.5 Å². The third kappa shape index (κ3) is 4.25. The summed E-state index contributed by atoms with van der Waals surface area (Å²) in [4.78, 5) is 13.4. The number of anilines is 1. The first kappa shape index (κ1) is 16.4. The summed E-state index contributed by atoms with van der Waals surface area (Å²) in [5.74, 6) is -0.366. The number of rotatable bonds is 3. The molecule has 122 valence electrons. The summed E-state index contributed by atoms with van der Waals surface area (Å²) < 4.78 is 39.9. The second-order valence-electron chi connectivity index (χ2n) is 4.91. The zero-order chi connectivity index (χ0) is 16.3. The molecule has 9 heteroatoms. The van der Waals surface area contributed by atoms with Gasteiger partial charge in [-0.15, -0.1) is 13.2 Å². The molecule has 1 aromatic rings. The van der Waals surface area contributed by atoms with Gasteiger partial charge in [-0.2, -0.15) is 0 Å². The lowest BCUT2D eigenvalue weighted by molar-refractivity contribution is -0.274. The zero-order valence-electron chi connectivity index (χ0n) is 11.7. The van der Waals surface area contributed by atoms with Crippen molar-refractivity contribution in [1.29, 1.82) is 0 Å². The molecule has 1 aliphatic heterocycles. The molecule has 2 atom stereocenters. The maximum absolute atomic E-state index is 12.0. The van der Waals surface area contributed by atoms with Gasteiger partial charge in [0.05, 0.1) is 12.1 Å². The van der Waals surface area contributed by atoms with Crippen LogP contribution in [0.15, 0.2) is 24.3 Å². The number of amides is 2. The average molecular weight is 319 g/mol. The van der Waals surface area contributed by atoms with Crippen molar-refractivity contribution in [1.82, 2.24) is 10.2 Å². The van der Waals surface area contributed by atoms with Crippen molar-refractivity contribution in [3.05, 3.63) is 24.3 Å². The molecule has 1 fully saturated rings. The summed E-state index contributed by atoms with van der Waals surface area (Å²) >= 11 is 0. The molecule has 2 amide bonds. The summed E-state index contributed by atoms with van der Waals surface area (Å²) in [5, 5.41) is 15.2. The van der Waals surface area contributed by atoms with Gasteiger partial charge in [0, 0.05) is 25.8 Å². The molecule has 0 bridgehead atoms. The monoisotopic (exact) mass is 319 g/mol. The molecule has 0 spiro atoms. The lowest BCUT2D eigenvalue weighted by atomic mass is 10.2. The molecule has 0 aliphatic carbocycles. The van der Waals surface area contributed by atoms with Gasteiger partial charge in [0.15, 0.2) is 0 Å². The number of carbonyl (C=O) groups is 1. The molecule has 0 saturated carbocycles. The van der Waals surface area contributed by atoms with Gasteiger partial charge in [-0.05, 0) is 24.3 Å². The minimum atomic E-state index is -4.75. The van der Waals surface area contributed by atoms with E-state index in [0.717, 1.165) is 12.1 Å². The fourth-order valence-corrected chi connectivity index (χ4v) is 2.15. The number of nitrogens with zero attached hydrogens (tertiary/aromatic N) is 1. The van der Waals surface area contributed by atoms with E-state index >= 15 is 0 Å². The van der Waals surface area contributed by atoms with Gasteiger partial charge >= 0.3 is 12.4 Å². The third-order valence-electron chi connectivity index (χ3n) is 3.31. The van der Waals surface area contributed by atoms with Crippen molar-refractivity contribution in [3.63, 3.8) is 0 Å². The van der Waals surface area contributed by atoms with E-state index in [2.05, 4.69) is 15.4 Å². The van der Waals surface area contributed by atoms with E-state index in [0.29, 0.717) is 18.8 Å². The van der Waals surface area contributed by atoms with Gasteiger partial charge in [-0.1, -0.05) is 0 Å². The number of aliphatic hydroxyl groups is 1. The fourth-order valence-electron chi connectivity index (χ4n) is 2.15. The summed E-state index contributed by atoms with van der Waals surface area (Å²) in [6, 6.07) is 4.00. The lowest BCUT2D eigenvalue weighted by Gasteiger charge is -2.26. The number of nitrogens with one attached hydrogen (secondary N) is 2. The standard InChI is InChI=1S/C13H16F3N3O3/c1-19(10-6-17-7-11(10)20)12(21)18-8-2-4-9(5-3-8)22-13(14,15)16/h2-5,10-11,17,20H,6-7H2,1H3,(H,18,21)/t10-,11-/m0/s1. The Hall–Kier alpha value is -2.00. The van der Waals surface area contributed by atoms with Crippen molar-refractivity contribution in [2.75, 3.05) is 25.5 Å². The first-order valence-electron chi connectivity index (χ1n) is 6.54. The SMILES string of the molecule is CN(C(=O)Nc1ccc(OC(F)(F)F)cc1)[C@H]1CNC[C@@H]1O. The Morgan fingerprint density at radius 3 is 2.50 bits per heavy atom. The van der Waals surface area contributed by atoms with E-state index in [1.165, 1.54) is 24.1 Å². The molecule has 6 nitrogen and oxygen atoms in total. The van der Waals surface area contributed by atoms with Crippen LogP contribution in [0.2, 0.25) is 0 Å². The molecule has 1 aliphatic rings. The van der Waals surface area contributed by atoms with Crippen molar-refractivity contribution in [2.45, 2.75) is 18.5 Å². The summed E-state index contributed by atoms with van der Waals surface area (Å²) in [5.41, 5.74) is 0.326. The molecule has 0 unspecified atom stereocenters. The maximum atomic E-state index is 12.0. The van der Waals surface area contributed by atoms with Crippen LogP contribution >= 0.6 is 0 Å². The number of likely N-dealkylation sites (N-methyl/N-ethyl adjacent to an activating group) is 1. The quantitative estimate of drug-likeness (QED) is 0.787. The van der Waals surface area contributed by atoms with Crippen LogP contribution in [0.25, 0.3) is 0 Å². The normalized spacial score (nSPS) is 21.5. The highest BCUT2D eigenvalue weighted by Crippen LogP contribution is 2.24. The van der Waals surface area contributed by atoms with Gasteiger partial charge in [-0.3, -0.25) is 0 Å². The first-order chi connectivity index (χ1) is 10.3. The first-order valence-corrected chi connectivity index (χ1v) is 6.54. The molecule has 1 aromatic carbocycles. The Balaban J connectivity index is 1.94. The molecule has 2 rings (SSSR count). The minimum Gasteiger partial charge on any atom is -0.406 e. The van der Waals surface area contributed by atoms with E-state index in [1.807, 2.05) is 0 Å². The van der Waals surface area contributed by atoms with Crippen LogP contribution in [0.5, 0.6) is 5.75 Å². The van der Waals surface area contributed by atoms with Gasteiger partial charge in [0.1, 0.15) is 5.75 Å². The van der Waals surface area contributed by atoms with Crippen LogP contribution in [0, 0.1) is 0 Å². The third-order valence-corrected chi connectivity index (χ3v) is 3.31. The number of aliphatic hydroxyl groups excluding tert-OH is 1. The predicted octanol–water partition coefficient (Wildman–Crippen LogP) is 1.38. The van der Waals surface area contributed by atoms with Crippen molar-refractivity contribution < 1.29 is 27.8 Å². The van der Waals surface area contributed by atoms with Crippen molar-refractivity contribution >= 4 is 11.7 Å². The van der Waals surface area contributed by atoms with Gasteiger partial charge in [0.2, 0.25) is 0 Å². The number of hydrogen-bond acceptors (Lipinski definition) is 4. The second kappa shape index (κ2) is 6.41. The van der Waals surface area contributed by atoms with Crippen LogP contribution in [0.4, 0.5) is 23.7 Å². The van der Waals surface area contributed by atoms with E-state index in [4.69, 9.17) is 0 Å². The molecule has 1 saturated heterocycles. The van der Waals surface area contributed by atoms with Gasteiger partial charge in [-0.25, -0.2) is 4.79 Å². The number of alkyl halides is 3. The molecular formula is C13H16F3N3O3. The lowest BCUT2D eigenvalue weighted by Crippen LogP contribution is -2.46. The number of benzene rings is 1. The Morgan fingerprint density at radius 1 is 1.36 bits per heavy atom. The van der Waals surface area contributed by atoms with Crippen molar-refractivity contribution in [3.8, 4) is 5.75 Å². The number of urea groups is 1. The van der Waals surface area contributed by atoms with Crippen LogP contribution in [-0.2, 0) is 0 Å². The zero-order valence-corrected chi connectivity index (χ0v) is 11.7. The summed E-state index contributed by atoms with van der Waals surface area (Å²) in [7, 11) is 1.54. The Morgan fingerprint density at radius 2 is 2.00 bits per heavy atom. The topological polar surface area (TPSA) is 73.8 Å². The minimum absolute atomic E-state index is 0.326. The van der Waals surface area contributed by atoms with Crippen molar-refractivity contribution in [2.24, 2.45) is 0 Å². The predicted molar refractivity (Wildman–Crippen MR) is 72.6 cm³/mol. The highest BCUT2D eigenvalue weighted by atomic mass is 19.4. The highest BCUT2D eigenvalue weighted by Gasteiger charge is 2.32. The number of carbonyl (C=O) groups excluding carboxylic acids is 1. The molecular weight excluding hydrogens is 303 g/mol. The number of β-amino-alcohol motifs (C(OH)–C–C–N with tert-alkyl or cyclic N) is 1. The second-order valence-corrected chi connectivity index (χ2v) is 4.91. The van der Waals surface area contributed by atoms with Crippen LogP contribution < -0.4 is 15.4 Å². The molecule has 22 heavy (non-hydrogen) atoms. The summed E-state index contributed by atoms with van der Waals surface area (Å²) in [6.07, 6.45) is -5.41. The smallest absolute Gasteiger partial charge is 0.406 e. The Kier molecular flexibility index (Phi) is 4.77. The molecule has 1 heterocycles. The summed E-state index contributed by atoms with van der Waals surface area (Å²) in [6.45, 7) is 0.884. The van der Waals surface area contributed by atoms with Gasteiger partial charge < -0.3 is 25.4 Å². The van der Waals surface area contributed by atoms with Crippen LogP contribution in [-0.4, -0.2) is 54.7 Å². The Bertz CT molecular complexity index is 522. The van der Waals surface area contributed by atoms with Crippen LogP contribution in [0.3, 0.4) is 0 Å². The number of hydrogen-bond donors (Lipinski definition) is 3.